The van der Waals surface area contributed by atoms with E-state index in [0.717, 1.165) is 11.3 Å². The van der Waals surface area contributed by atoms with Crippen LogP contribution >= 0.6 is 11.6 Å². The van der Waals surface area contributed by atoms with Crippen LogP contribution in [0.15, 0.2) is 48.5 Å². The summed E-state index contributed by atoms with van der Waals surface area (Å²) in [6.45, 7) is 4.13. The van der Waals surface area contributed by atoms with E-state index in [1.807, 2.05) is 43.3 Å². The van der Waals surface area contributed by atoms with Gasteiger partial charge in [0.15, 0.2) is 0 Å². The molecule has 6 nitrogen and oxygen atoms in total. The number of carbonyl (C=O) groups excluding carboxylic acids is 1. The zero-order chi connectivity index (χ0) is 20.1. The topological polar surface area (TPSA) is 69.7 Å². The van der Waals surface area contributed by atoms with E-state index >= 15 is 0 Å². The van der Waals surface area contributed by atoms with Gasteiger partial charge in [-0.2, -0.15) is 4.31 Å². The van der Waals surface area contributed by atoms with Gasteiger partial charge >= 0.3 is 0 Å². The van der Waals surface area contributed by atoms with Crippen LogP contribution in [0.1, 0.15) is 15.9 Å². The average molecular weight is 422 g/mol. The molecule has 1 heterocycles. The summed E-state index contributed by atoms with van der Waals surface area (Å²) in [7, 11) is -3.41. The predicted octanol–water partition coefficient (Wildman–Crippen LogP) is 2.53. The molecule has 0 bridgehead atoms. The molecule has 1 saturated heterocycles. The Kier molecular flexibility index (Phi) is 6.59. The third-order valence-corrected chi connectivity index (χ3v) is 6.91. The van der Waals surface area contributed by atoms with Crippen LogP contribution in [0.4, 0.5) is 5.69 Å². The summed E-state index contributed by atoms with van der Waals surface area (Å²) in [6, 6.07) is 14.7. The minimum Gasteiger partial charge on any atom is -0.369 e. The second-order valence-electron chi connectivity index (χ2n) is 6.80. The van der Waals surface area contributed by atoms with Gasteiger partial charge in [-0.3, -0.25) is 4.79 Å². The van der Waals surface area contributed by atoms with Gasteiger partial charge in [-0.15, -0.1) is 0 Å². The predicted molar refractivity (Wildman–Crippen MR) is 113 cm³/mol. The second-order valence-corrected chi connectivity index (χ2v) is 9.33. The van der Waals surface area contributed by atoms with Crippen molar-refractivity contribution in [1.82, 2.24) is 9.62 Å². The molecule has 2 aromatic rings. The molecule has 0 radical (unpaired) electrons. The molecule has 1 aliphatic heterocycles. The number of aryl methyl sites for hydroxylation is 1. The summed E-state index contributed by atoms with van der Waals surface area (Å²) in [5.41, 5.74) is 2.63. The van der Waals surface area contributed by atoms with Gasteiger partial charge in [0, 0.05) is 49.0 Å². The number of hydrogen-bond donors (Lipinski definition) is 1. The fourth-order valence-electron chi connectivity index (χ4n) is 3.11. The minimum atomic E-state index is -3.41. The Hall–Kier alpha value is -2.09. The van der Waals surface area contributed by atoms with E-state index in [-0.39, 0.29) is 18.2 Å². The molecule has 1 fully saturated rings. The number of benzene rings is 2. The third kappa shape index (κ3) is 5.25. The van der Waals surface area contributed by atoms with Crippen LogP contribution in [-0.4, -0.2) is 57.1 Å². The standard InChI is InChI=1S/C20H24ClN3O3S/c1-16-2-4-17(5-3-16)20(25)22-10-15-28(26,27)24-13-11-23(12-14-24)19-8-6-18(21)7-9-19/h2-9H,10-15H2,1H3,(H,22,25). The number of sulfonamides is 1. The molecule has 2 aromatic carbocycles. The highest BCUT2D eigenvalue weighted by Gasteiger charge is 2.26. The molecule has 1 N–H and O–H groups in total. The summed E-state index contributed by atoms with van der Waals surface area (Å²) in [4.78, 5) is 14.2. The SMILES string of the molecule is Cc1ccc(C(=O)NCCS(=O)(=O)N2CCN(c3ccc(Cl)cc3)CC2)cc1. The molecule has 1 amide bonds. The van der Waals surface area contributed by atoms with Crippen molar-refractivity contribution in [2.45, 2.75) is 6.92 Å². The molecule has 28 heavy (non-hydrogen) atoms. The second kappa shape index (κ2) is 8.94. The molecule has 0 aliphatic carbocycles. The summed E-state index contributed by atoms with van der Waals surface area (Å²) in [5, 5.41) is 3.36. The summed E-state index contributed by atoms with van der Waals surface area (Å²) in [5.74, 6) is -0.367. The van der Waals surface area contributed by atoms with Crippen molar-refractivity contribution >= 4 is 33.2 Å². The lowest BCUT2D eigenvalue weighted by Gasteiger charge is -2.35. The lowest BCUT2D eigenvalue weighted by molar-refractivity contribution is 0.0956. The van der Waals surface area contributed by atoms with Gasteiger partial charge in [0.25, 0.3) is 5.91 Å². The number of anilines is 1. The summed E-state index contributed by atoms with van der Waals surface area (Å²) in [6.07, 6.45) is 0. The zero-order valence-electron chi connectivity index (χ0n) is 15.8. The monoisotopic (exact) mass is 421 g/mol. The molecule has 8 heteroatoms. The normalized spacial score (nSPS) is 15.4. The maximum absolute atomic E-state index is 12.6. The molecular formula is C20H24ClN3O3S. The average Bonchev–Trinajstić information content (AvgIpc) is 2.69. The van der Waals surface area contributed by atoms with E-state index in [4.69, 9.17) is 11.6 Å². The van der Waals surface area contributed by atoms with Gasteiger partial charge in [0.2, 0.25) is 10.0 Å². The Morgan fingerprint density at radius 3 is 2.21 bits per heavy atom. The number of halogens is 1. The summed E-state index contributed by atoms with van der Waals surface area (Å²) < 4.78 is 26.6. The van der Waals surface area contributed by atoms with Crippen molar-refractivity contribution in [3.63, 3.8) is 0 Å². The highest BCUT2D eigenvalue weighted by Crippen LogP contribution is 2.20. The van der Waals surface area contributed by atoms with Crippen LogP contribution in [0.2, 0.25) is 5.02 Å². The number of amides is 1. The summed E-state index contributed by atoms with van der Waals surface area (Å²) >= 11 is 5.91. The van der Waals surface area contributed by atoms with Gasteiger partial charge in [0.1, 0.15) is 0 Å². The first kappa shape index (κ1) is 20.6. The van der Waals surface area contributed by atoms with E-state index in [2.05, 4.69) is 10.2 Å². The van der Waals surface area contributed by atoms with Crippen LogP contribution in [0.5, 0.6) is 0 Å². The number of rotatable bonds is 6. The van der Waals surface area contributed by atoms with E-state index in [0.29, 0.717) is 36.8 Å². The van der Waals surface area contributed by atoms with Crippen LogP contribution < -0.4 is 10.2 Å². The van der Waals surface area contributed by atoms with E-state index < -0.39 is 10.0 Å². The molecule has 0 aromatic heterocycles. The van der Waals surface area contributed by atoms with Crippen LogP contribution in [0.25, 0.3) is 0 Å². The van der Waals surface area contributed by atoms with Gasteiger partial charge < -0.3 is 10.2 Å². The van der Waals surface area contributed by atoms with E-state index in [9.17, 15) is 13.2 Å². The highest BCUT2D eigenvalue weighted by molar-refractivity contribution is 7.89. The van der Waals surface area contributed by atoms with Crippen LogP contribution in [-0.2, 0) is 10.0 Å². The van der Waals surface area contributed by atoms with Crippen molar-refractivity contribution in [1.29, 1.82) is 0 Å². The third-order valence-electron chi connectivity index (χ3n) is 4.78. The van der Waals surface area contributed by atoms with E-state index in [1.54, 1.807) is 12.1 Å². The van der Waals surface area contributed by atoms with Crippen molar-refractivity contribution in [2.24, 2.45) is 0 Å². The Morgan fingerprint density at radius 1 is 1.00 bits per heavy atom. The molecule has 150 valence electrons. The molecule has 0 spiro atoms. The fourth-order valence-corrected chi connectivity index (χ4v) is 4.57. The quantitative estimate of drug-likeness (QED) is 0.778. The molecule has 0 unspecified atom stereocenters. The van der Waals surface area contributed by atoms with E-state index in [1.165, 1.54) is 4.31 Å². The van der Waals surface area contributed by atoms with Crippen LogP contribution in [0, 0.1) is 6.92 Å². The lowest BCUT2D eigenvalue weighted by atomic mass is 10.1. The van der Waals surface area contributed by atoms with Crippen molar-refractivity contribution < 1.29 is 13.2 Å². The Balaban J connectivity index is 1.48. The van der Waals surface area contributed by atoms with Gasteiger partial charge in [-0.1, -0.05) is 29.3 Å². The first-order valence-electron chi connectivity index (χ1n) is 9.18. The van der Waals surface area contributed by atoms with Crippen molar-refractivity contribution in [3.8, 4) is 0 Å². The molecular weight excluding hydrogens is 398 g/mol. The van der Waals surface area contributed by atoms with Crippen molar-refractivity contribution in [3.05, 3.63) is 64.7 Å². The number of nitrogens with one attached hydrogen (secondary N) is 1. The van der Waals surface area contributed by atoms with Gasteiger partial charge in [0.05, 0.1) is 5.75 Å². The first-order chi connectivity index (χ1) is 13.3. The maximum atomic E-state index is 12.6. The largest absolute Gasteiger partial charge is 0.369 e. The smallest absolute Gasteiger partial charge is 0.251 e. The first-order valence-corrected chi connectivity index (χ1v) is 11.2. The Bertz CT molecular complexity index is 907. The zero-order valence-corrected chi connectivity index (χ0v) is 17.3. The molecule has 1 aliphatic rings. The molecule has 0 saturated carbocycles. The molecule has 3 rings (SSSR count). The fraction of sp³-hybridized carbons (Fsp3) is 0.350. The highest BCUT2D eigenvalue weighted by atomic mass is 35.5. The van der Waals surface area contributed by atoms with Gasteiger partial charge in [-0.05, 0) is 43.3 Å². The lowest BCUT2D eigenvalue weighted by Crippen LogP contribution is -2.50. The number of carbonyl (C=O) groups is 1. The Morgan fingerprint density at radius 2 is 1.61 bits per heavy atom. The molecule has 0 atom stereocenters. The van der Waals surface area contributed by atoms with Crippen molar-refractivity contribution in [2.75, 3.05) is 43.4 Å². The number of nitrogens with zero attached hydrogens (tertiary/aromatic N) is 2. The number of piperazine rings is 1. The van der Waals surface area contributed by atoms with Gasteiger partial charge in [-0.25, -0.2) is 8.42 Å². The number of hydrogen-bond acceptors (Lipinski definition) is 4. The Labute approximate surface area is 171 Å². The maximum Gasteiger partial charge on any atom is 0.251 e. The minimum absolute atomic E-state index is 0.0897. The van der Waals surface area contributed by atoms with Crippen LogP contribution in [0.3, 0.4) is 0 Å².